The molecule has 0 bridgehead atoms. The monoisotopic (exact) mass is 611 g/mol. The third kappa shape index (κ3) is 7.83. The van der Waals surface area contributed by atoms with Crippen LogP contribution in [-0.2, 0) is 33.2 Å². The molecule has 1 unspecified atom stereocenters. The number of sulfone groups is 1. The number of aliphatic hydroxyl groups excluding tert-OH is 5. The smallest absolute Gasteiger partial charge is 0.778 e. The SMILES string of the molecule is CC(=O)N[C@@H]1[C@@H](O)[C@H](O)[C@@H](CO)O[C@H]1S(=O)(=O)CP(=O)([O-])OC[C@H]1O[C@@H](n2ccc(=O)[nH]c2=O)[C@H](O)[C@@H]1O.[Na+]. The molecule has 216 valence electrons. The molecule has 0 saturated carbocycles. The van der Waals surface area contributed by atoms with Crippen molar-refractivity contribution >= 4 is 23.3 Å². The zero-order valence-electron chi connectivity index (χ0n) is 20.6. The van der Waals surface area contributed by atoms with Gasteiger partial charge in [-0.15, -0.1) is 0 Å². The number of amides is 1. The Morgan fingerprint density at radius 2 is 1.77 bits per heavy atom. The summed E-state index contributed by atoms with van der Waals surface area (Å²) in [4.78, 5) is 49.1. The van der Waals surface area contributed by atoms with Gasteiger partial charge in [0.25, 0.3) is 5.56 Å². The molecule has 0 radical (unpaired) electrons. The van der Waals surface area contributed by atoms with Crippen LogP contribution in [0.4, 0.5) is 0 Å². The molecule has 2 saturated heterocycles. The van der Waals surface area contributed by atoms with Crippen molar-refractivity contribution in [3.8, 4) is 0 Å². The minimum Gasteiger partial charge on any atom is -0.778 e. The number of carbonyl (C=O) groups excluding carboxylic acids is 1. The van der Waals surface area contributed by atoms with Gasteiger partial charge in [-0.05, 0) is 0 Å². The quantitative estimate of drug-likeness (QED) is 0.101. The van der Waals surface area contributed by atoms with E-state index >= 15 is 0 Å². The van der Waals surface area contributed by atoms with E-state index in [1.807, 2.05) is 4.98 Å². The Bertz CT molecular complexity index is 1290. The summed E-state index contributed by atoms with van der Waals surface area (Å²) in [6.45, 7) is -0.968. The third-order valence-electron chi connectivity index (χ3n) is 5.84. The number of H-pyrrole nitrogens is 1. The fourth-order valence-electron chi connectivity index (χ4n) is 4.02. The molecule has 18 nitrogen and oxygen atoms in total. The molecule has 21 heteroatoms. The number of aromatic amines is 1. The number of carbonyl (C=O) groups is 1. The molecular formula is C18H27N3NaO15PS. The molecule has 1 aromatic rings. The predicted molar refractivity (Wildman–Crippen MR) is 120 cm³/mol. The second-order valence-corrected chi connectivity index (χ2v) is 13.0. The number of aliphatic hydroxyl groups is 5. The first-order valence-electron chi connectivity index (χ1n) is 11.0. The van der Waals surface area contributed by atoms with E-state index in [9.17, 15) is 57.8 Å². The van der Waals surface area contributed by atoms with Crippen LogP contribution >= 0.6 is 7.60 Å². The van der Waals surface area contributed by atoms with E-state index < -0.39 is 108 Å². The second-order valence-electron chi connectivity index (χ2n) is 8.70. The van der Waals surface area contributed by atoms with Gasteiger partial charge in [-0.3, -0.25) is 19.1 Å². The Morgan fingerprint density at radius 3 is 2.33 bits per heavy atom. The molecule has 3 rings (SSSR count). The summed E-state index contributed by atoms with van der Waals surface area (Å²) in [5.41, 5.74) is -5.68. The minimum atomic E-state index is -5.34. The zero-order chi connectivity index (χ0) is 28.6. The van der Waals surface area contributed by atoms with Gasteiger partial charge in [0.15, 0.2) is 21.5 Å². The molecule has 1 aromatic heterocycles. The summed E-state index contributed by atoms with van der Waals surface area (Å²) in [6.07, 6.45) is -11.1. The average Bonchev–Trinajstić information content (AvgIpc) is 3.08. The third-order valence-corrected chi connectivity index (χ3v) is 10.2. The van der Waals surface area contributed by atoms with Gasteiger partial charge in [0.05, 0.1) is 19.3 Å². The summed E-state index contributed by atoms with van der Waals surface area (Å²) < 4.78 is 54.2. The summed E-state index contributed by atoms with van der Waals surface area (Å²) in [5, 5.41) is 52.1. The van der Waals surface area contributed by atoms with Crippen molar-refractivity contribution in [3.05, 3.63) is 33.1 Å². The van der Waals surface area contributed by atoms with Gasteiger partial charge in [-0.2, -0.15) is 0 Å². The fraction of sp³-hybridized carbons (Fsp3) is 0.722. The van der Waals surface area contributed by atoms with E-state index in [1.54, 1.807) is 0 Å². The number of rotatable bonds is 9. The molecule has 10 atom stereocenters. The maximum Gasteiger partial charge on any atom is 1.00 e. The molecule has 7 N–H and O–H groups in total. The van der Waals surface area contributed by atoms with Crippen molar-refractivity contribution in [2.75, 3.05) is 18.7 Å². The summed E-state index contributed by atoms with van der Waals surface area (Å²) >= 11 is 0. The fourth-order valence-corrected chi connectivity index (χ4v) is 8.03. The van der Waals surface area contributed by atoms with Gasteiger partial charge in [0.2, 0.25) is 5.91 Å². The van der Waals surface area contributed by atoms with E-state index in [1.165, 1.54) is 0 Å². The van der Waals surface area contributed by atoms with Crippen molar-refractivity contribution in [2.24, 2.45) is 0 Å². The van der Waals surface area contributed by atoms with Crippen LogP contribution in [0.2, 0.25) is 0 Å². The standard InChI is InChI=1S/C18H28N3O15PS.Na/c1-7(23)19-11-14(27)12(25)8(4-22)36-17(11)38(32,33)6-37(30,31)34-5-9-13(26)15(28)16(35-9)21-3-2-10(24)20-18(21)29;/h2-3,8-9,11-17,22,25-28H,4-6H2,1H3,(H,19,23)(H,30,31)(H,20,24,29);/q;+1/p-1/t8-,9-,11-,12-,13-,14-,15-,16-,17+;/m1./s1. The Labute approximate surface area is 242 Å². The number of hydrogen-bond donors (Lipinski definition) is 7. The largest absolute Gasteiger partial charge is 1.00 e. The number of ether oxygens (including phenoxy) is 2. The molecule has 3 heterocycles. The first kappa shape index (κ1) is 34.2. The maximum absolute atomic E-state index is 12.9. The van der Waals surface area contributed by atoms with E-state index in [-0.39, 0.29) is 29.6 Å². The van der Waals surface area contributed by atoms with Gasteiger partial charge in [0, 0.05) is 19.2 Å². The topological polar surface area (TPSA) is 287 Å². The predicted octanol–water partition coefficient (Wildman–Crippen LogP) is -8.95. The normalized spacial score (nSPS) is 34.6. The molecule has 2 fully saturated rings. The molecule has 2 aliphatic heterocycles. The molecule has 39 heavy (non-hydrogen) atoms. The van der Waals surface area contributed by atoms with Gasteiger partial charge in [-0.25, -0.2) is 13.2 Å². The maximum atomic E-state index is 12.9. The Hall–Kier alpha value is -1.03. The van der Waals surface area contributed by atoms with Crippen LogP contribution in [-0.4, -0.2) is 116 Å². The minimum absolute atomic E-state index is 0. The Kier molecular flexibility index (Phi) is 11.7. The van der Waals surface area contributed by atoms with E-state index in [4.69, 9.17) is 9.47 Å². The number of nitrogens with zero attached hydrogens (tertiary/aromatic N) is 1. The molecule has 0 spiro atoms. The van der Waals surface area contributed by atoms with Crippen LogP contribution in [0, 0.1) is 0 Å². The molecule has 1 amide bonds. The van der Waals surface area contributed by atoms with Crippen LogP contribution in [0.25, 0.3) is 0 Å². The first-order chi connectivity index (χ1) is 17.6. The Balaban J connectivity index is 0.00000533. The number of nitrogens with one attached hydrogen (secondary N) is 2. The van der Waals surface area contributed by atoms with Crippen molar-refractivity contribution in [3.63, 3.8) is 0 Å². The van der Waals surface area contributed by atoms with Crippen molar-refractivity contribution < 1.29 is 91.8 Å². The van der Waals surface area contributed by atoms with E-state index in [2.05, 4.69) is 9.84 Å². The van der Waals surface area contributed by atoms with Crippen molar-refractivity contribution in [1.29, 1.82) is 0 Å². The van der Waals surface area contributed by atoms with Gasteiger partial charge >= 0.3 is 35.2 Å². The van der Waals surface area contributed by atoms with Crippen molar-refractivity contribution in [2.45, 2.75) is 61.3 Å². The van der Waals surface area contributed by atoms with Crippen LogP contribution < -0.4 is 51.0 Å². The molecule has 0 aromatic carbocycles. The van der Waals surface area contributed by atoms with E-state index in [0.717, 1.165) is 23.8 Å². The first-order valence-corrected chi connectivity index (χ1v) is 14.4. The molecular weight excluding hydrogens is 584 g/mol. The number of aromatic nitrogens is 2. The van der Waals surface area contributed by atoms with E-state index in [0.29, 0.717) is 0 Å². The number of hydrogen-bond acceptors (Lipinski definition) is 15. The summed E-state index contributed by atoms with van der Waals surface area (Å²) in [6, 6.07) is -0.870. The molecule has 2 aliphatic rings. The van der Waals surface area contributed by atoms with Crippen LogP contribution in [0.15, 0.2) is 21.9 Å². The van der Waals surface area contributed by atoms with Gasteiger partial charge in [0.1, 0.15) is 49.7 Å². The summed E-state index contributed by atoms with van der Waals surface area (Å²) in [7, 11) is -10.3. The average molecular weight is 611 g/mol. The van der Waals surface area contributed by atoms with Gasteiger partial charge in [-0.1, -0.05) is 0 Å². The van der Waals surface area contributed by atoms with Crippen molar-refractivity contribution in [1.82, 2.24) is 14.9 Å². The molecule has 0 aliphatic carbocycles. The second kappa shape index (κ2) is 13.3. The van der Waals surface area contributed by atoms with Crippen LogP contribution in [0.3, 0.4) is 0 Å². The van der Waals surface area contributed by atoms with Crippen LogP contribution in [0.1, 0.15) is 13.2 Å². The summed E-state index contributed by atoms with van der Waals surface area (Å²) in [5.74, 6) is -0.837. The zero-order valence-corrected chi connectivity index (χ0v) is 24.3. The Morgan fingerprint density at radius 1 is 1.15 bits per heavy atom. The van der Waals surface area contributed by atoms with Gasteiger partial charge < -0.3 is 54.3 Å². The van der Waals surface area contributed by atoms with Crippen LogP contribution in [0.5, 0.6) is 0 Å².